The van der Waals surface area contributed by atoms with Crippen LogP contribution in [0.5, 0.6) is 5.75 Å². The Morgan fingerprint density at radius 2 is 1.85 bits per heavy atom. The number of hydrogen-bond donors (Lipinski definition) is 1. The van der Waals surface area contributed by atoms with Crippen molar-refractivity contribution in [1.29, 1.82) is 0 Å². The number of ether oxygens (including phenoxy) is 1. The zero-order chi connectivity index (χ0) is 15.3. The summed E-state index contributed by atoms with van der Waals surface area (Å²) < 4.78 is 18.5. The molecule has 1 N–H and O–H groups in total. The maximum absolute atomic E-state index is 13.0. The number of alkyl halides is 1. The van der Waals surface area contributed by atoms with Crippen molar-refractivity contribution in [1.82, 2.24) is 5.32 Å². The lowest BCUT2D eigenvalue weighted by atomic mass is 10.1. The number of aliphatic imine (C=N–C) groups is 1. The third-order valence-corrected chi connectivity index (χ3v) is 2.96. The average Bonchev–Trinajstić information content (AvgIpc) is 2.33. The average molecular weight is 280 g/mol. The first-order valence-corrected chi connectivity index (χ1v) is 6.55. The van der Waals surface area contributed by atoms with Crippen LogP contribution in [0.15, 0.2) is 23.2 Å². The predicted octanol–water partition coefficient (Wildman–Crippen LogP) is 3.56. The lowest BCUT2D eigenvalue weighted by Gasteiger charge is -2.14. The Bertz CT molecular complexity index is 492. The van der Waals surface area contributed by atoms with Crippen molar-refractivity contribution >= 4 is 11.9 Å². The van der Waals surface area contributed by atoms with E-state index in [9.17, 15) is 9.18 Å². The predicted molar refractivity (Wildman–Crippen MR) is 78.2 cm³/mol. The van der Waals surface area contributed by atoms with Crippen molar-refractivity contribution in [3.8, 4) is 5.75 Å². The van der Waals surface area contributed by atoms with Gasteiger partial charge in [0.25, 0.3) is 0 Å². The van der Waals surface area contributed by atoms with Gasteiger partial charge in [0.2, 0.25) is 0 Å². The van der Waals surface area contributed by atoms with Gasteiger partial charge in [-0.2, -0.15) is 4.99 Å². The summed E-state index contributed by atoms with van der Waals surface area (Å²) in [5.41, 5.74) is 1.93. The van der Waals surface area contributed by atoms with Crippen molar-refractivity contribution in [3.05, 3.63) is 29.3 Å². The monoisotopic (exact) mass is 280 g/mol. The van der Waals surface area contributed by atoms with Crippen molar-refractivity contribution in [2.45, 2.75) is 46.8 Å². The third-order valence-electron chi connectivity index (χ3n) is 2.96. The molecular formula is C15H21FN2O2. The molecule has 1 aromatic rings. The number of para-hydroxylation sites is 1. The van der Waals surface area contributed by atoms with E-state index in [1.165, 1.54) is 6.92 Å². The van der Waals surface area contributed by atoms with E-state index in [0.717, 1.165) is 11.1 Å². The van der Waals surface area contributed by atoms with Gasteiger partial charge in [-0.05, 0) is 38.8 Å². The summed E-state index contributed by atoms with van der Waals surface area (Å²) in [4.78, 5) is 15.3. The number of rotatable bonds is 3. The van der Waals surface area contributed by atoms with Gasteiger partial charge in [0.05, 0.1) is 6.04 Å². The molecule has 0 aliphatic rings. The van der Waals surface area contributed by atoms with E-state index in [-0.39, 0.29) is 5.90 Å². The van der Waals surface area contributed by atoms with Crippen LogP contribution in [0.25, 0.3) is 0 Å². The number of urea groups is 1. The van der Waals surface area contributed by atoms with Crippen LogP contribution in [-0.4, -0.2) is 24.1 Å². The number of nitrogens with zero attached hydrogens (tertiary/aromatic N) is 1. The van der Waals surface area contributed by atoms with Crippen LogP contribution >= 0.6 is 0 Å². The summed E-state index contributed by atoms with van der Waals surface area (Å²) in [5.74, 6) is 0.909. The summed E-state index contributed by atoms with van der Waals surface area (Å²) >= 11 is 0. The van der Waals surface area contributed by atoms with Crippen molar-refractivity contribution in [3.63, 3.8) is 0 Å². The molecule has 0 aromatic heterocycles. The number of benzene rings is 1. The minimum absolute atomic E-state index is 0.221. The Morgan fingerprint density at radius 3 is 2.35 bits per heavy atom. The van der Waals surface area contributed by atoms with Crippen molar-refractivity contribution < 1.29 is 13.9 Å². The molecule has 0 saturated carbocycles. The van der Waals surface area contributed by atoms with Crippen LogP contribution in [0.1, 0.15) is 31.9 Å². The molecule has 0 radical (unpaired) electrons. The molecule has 0 spiro atoms. The quantitative estimate of drug-likeness (QED) is 0.680. The van der Waals surface area contributed by atoms with E-state index >= 15 is 0 Å². The highest BCUT2D eigenvalue weighted by Gasteiger charge is 2.13. The summed E-state index contributed by atoms with van der Waals surface area (Å²) in [5, 5.41) is 2.44. The smallest absolute Gasteiger partial charge is 0.344 e. The van der Waals surface area contributed by atoms with E-state index in [0.29, 0.717) is 5.75 Å². The van der Waals surface area contributed by atoms with Gasteiger partial charge in [-0.3, -0.25) is 0 Å². The van der Waals surface area contributed by atoms with Gasteiger partial charge in [0.15, 0.2) is 5.90 Å². The first kappa shape index (κ1) is 16.1. The van der Waals surface area contributed by atoms with Crippen LogP contribution in [-0.2, 0) is 0 Å². The number of hydrogen-bond acceptors (Lipinski definition) is 2. The van der Waals surface area contributed by atoms with E-state index in [4.69, 9.17) is 4.74 Å². The molecule has 0 saturated heterocycles. The zero-order valence-electron chi connectivity index (χ0n) is 12.5. The van der Waals surface area contributed by atoms with Gasteiger partial charge >= 0.3 is 6.03 Å². The second kappa shape index (κ2) is 7.03. The molecule has 2 unspecified atom stereocenters. The molecular weight excluding hydrogens is 259 g/mol. The summed E-state index contributed by atoms with van der Waals surface area (Å²) in [6, 6.07) is 4.58. The van der Waals surface area contributed by atoms with E-state index < -0.39 is 18.2 Å². The molecule has 0 fully saturated rings. The topological polar surface area (TPSA) is 50.7 Å². The highest BCUT2D eigenvalue weighted by atomic mass is 19.1. The Kier molecular flexibility index (Phi) is 5.67. The zero-order valence-corrected chi connectivity index (χ0v) is 12.5. The fraction of sp³-hybridized carbons (Fsp3) is 0.467. The van der Waals surface area contributed by atoms with Crippen LogP contribution in [0, 0.1) is 13.8 Å². The maximum Gasteiger partial charge on any atom is 0.344 e. The van der Waals surface area contributed by atoms with Gasteiger partial charge in [-0.15, -0.1) is 0 Å². The fourth-order valence-corrected chi connectivity index (χ4v) is 1.62. The van der Waals surface area contributed by atoms with Crippen LogP contribution in [0.2, 0.25) is 0 Å². The minimum Gasteiger partial charge on any atom is -0.443 e. The Hall–Kier alpha value is -1.91. The van der Waals surface area contributed by atoms with Gasteiger partial charge < -0.3 is 10.1 Å². The Balaban J connectivity index is 2.73. The molecule has 1 aromatic carbocycles. The number of carbonyl (C=O) groups is 1. The number of aryl methyl sites for hydroxylation is 2. The molecule has 2 amide bonds. The summed E-state index contributed by atoms with van der Waals surface area (Å²) in [6.07, 6.45) is -1.13. The fourth-order valence-electron chi connectivity index (χ4n) is 1.62. The second-order valence-electron chi connectivity index (χ2n) is 4.87. The molecule has 4 nitrogen and oxygen atoms in total. The number of halogens is 1. The van der Waals surface area contributed by atoms with Crippen LogP contribution in [0.4, 0.5) is 9.18 Å². The van der Waals surface area contributed by atoms with Crippen molar-refractivity contribution in [2.75, 3.05) is 0 Å². The molecule has 0 aliphatic carbocycles. The molecule has 0 bridgehead atoms. The number of nitrogens with one attached hydrogen (secondary N) is 1. The standard InChI is InChI=1S/C15H21FN2O2/c1-9-7-6-8-10(2)14(9)20-13(5)18-15(19)17-12(4)11(3)16/h6-8,11-12H,1-5H3,(H,17,19). The lowest BCUT2D eigenvalue weighted by Crippen LogP contribution is -2.36. The van der Waals surface area contributed by atoms with E-state index in [2.05, 4.69) is 10.3 Å². The van der Waals surface area contributed by atoms with Crippen molar-refractivity contribution in [2.24, 2.45) is 4.99 Å². The molecule has 2 atom stereocenters. The highest BCUT2D eigenvalue weighted by Crippen LogP contribution is 2.22. The first-order chi connectivity index (χ1) is 9.31. The molecule has 0 aliphatic heterocycles. The molecule has 20 heavy (non-hydrogen) atoms. The largest absolute Gasteiger partial charge is 0.443 e. The van der Waals surface area contributed by atoms with Gasteiger partial charge in [0.1, 0.15) is 11.9 Å². The summed E-state index contributed by atoms with van der Waals surface area (Å²) in [6.45, 7) is 8.40. The van der Waals surface area contributed by atoms with Gasteiger partial charge in [0, 0.05) is 6.92 Å². The van der Waals surface area contributed by atoms with Gasteiger partial charge in [-0.25, -0.2) is 9.18 Å². The molecule has 110 valence electrons. The first-order valence-electron chi connectivity index (χ1n) is 6.55. The van der Waals surface area contributed by atoms with E-state index in [1.807, 2.05) is 32.0 Å². The third kappa shape index (κ3) is 4.64. The molecule has 0 heterocycles. The minimum atomic E-state index is -1.13. The van der Waals surface area contributed by atoms with Gasteiger partial charge in [-0.1, -0.05) is 18.2 Å². The lowest BCUT2D eigenvalue weighted by molar-refractivity contribution is 0.232. The second-order valence-corrected chi connectivity index (χ2v) is 4.87. The summed E-state index contributed by atoms with van der Waals surface area (Å²) in [7, 11) is 0. The Labute approximate surface area is 119 Å². The number of amides is 2. The molecule has 1 rings (SSSR count). The normalized spacial score (nSPS) is 14.6. The SMILES string of the molecule is CC(=NC(=O)NC(C)C(C)F)Oc1c(C)cccc1C. The molecule has 5 heteroatoms. The van der Waals surface area contributed by atoms with E-state index in [1.54, 1.807) is 13.8 Å². The maximum atomic E-state index is 13.0. The highest BCUT2D eigenvalue weighted by molar-refractivity contribution is 5.90. The van der Waals surface area contributed by atoms with Crippen LogP contribution in [0.3, 0.4) is 0 Å². The Morgan fingerprint density at radius 1 is 1.30 bits per heavy atom. The van der Waals surface area contributed by atoms with Crippen LogP contribution < -0.4 is 10.1 Å². The number of carbonyl (C=O) groups excluding carboxylic acids is 1.